The van der Waals surface area contributed by atoms with E-state index in [1.165, 1.54) is 17.1 Å². The van der Waals surface area contributed by atoms with E-state index in [0.717, 1.165) is 5.56 Å². The van der Waals surface area contributed by atoms with E-state index in [4.69, 9.17) is 16.7 Å². The van der Waals surface area contributed by atoms with E-state index < -0.39 is 5.97 Å². The van der Waals surface area contributed by atoms with Crippen LogP contribution < -0.4 is 5.32 Å². The first kappa shape index (κ1) is 17.7. The Labute approximate surface area is 154 Å². The fourth-order valence-electron chi connectivity index (χ4n) is 2.31. The smallest absolute Gasteiger partial charge is 0.305 e. The zero-order valence-electron chi connectivity index (χ0n) is 13.7. The number of aliphatic carboxylic acids is 1. The van der Waals surface area contributed by atoms with Crippen LogP contribution in [0.1, 0.15) is 22.3 Å². The van der Waals surface area contributed by atoms with Gasteiger partial charge in [0.25, 0.3) is 5.91 Å². The van der Waals surface area contributed by atoms with Crippen LogP contribution in [0.4, 0.5) is 5.69 Å². The Morgan fingerprint density at radius 1 is 1.08 bits per heavy atom. The largest absolute Gasteiger partial charge is 0.481 e. The van der Waals surface area contributed by atoms with Crippen molar-refractivity contribution in [3.63, 3.8) is 0 Å². The first-order chi connectivity index (χ1) is 12.5. The summed E-state index contributed by atoms with van der Waals surface area (Å²) in [7, 11) is 0. The topological polar surface area (TPSA) is 102 Å². The monoisotopic (exact) mass is 373 g/mol. The van der Waals surface area contributed by atoms with Crippen LogP contribution in [-0.2, 0) is 17.9 Å². The molecule has 0 radical (unpaired) electrons. The number of carbonyl (C=O) groups is 2. The average Bonchev–Trinajstić information content (AvgIpc) is 3.24. The van der Waals surface area contributed by atoms with Crippen molar-refractivity contribution >= 4 is 29.2 Å². The van der Waals surface area contributed by atoms with E-state index in [-0.39, 0.29) is 18.9 Å². The fraction of sp³-hybridized carbons (Fsp3) is 0.176. The molecule has 0 aliphatic rings. The highest BCUT2D eigenvalue weighted by atomic mass is 35.5. The van der Waals surface area contributed by atoms with Gasteiger partial charge in [-0.3, -0.25) is 19.0 Å². The number of nitrogens with zero attached hydrogens (tertiary/aromatic N) is 4. The molecule has 0 aliphatic heterocycles. The Hall–Kier alpha value is -3.13. The maximum atomic E-state index is 12.2. The van der Waals surface area contributed by atoms with Gasteiger partial charge in [0.15, 0.2) is 0 Å². The van der Waals surface area contributed by atoms with E-state index in [9.17, 15) is 9.59 Å². The molecule has 0 bridgehead atoms. The van der Waals surface area contributed by atoms with Gasteiger partial charge in [0, 0.05) is 17.4 Å². The first-order valence-electron chi connectivity index (χ1n) is 7.82. The number of hydrogen-bond acceptors (Lipinski definition) is 4. The Kier molecular flexibility index (Phi) is 5.33. The zero-order chi connectivity index (χ0) is 18.5. The van der Waals surface area contributed by atoms with Crippen LogP contribution in [0.15, 0.2) is 49.1 Å². The van der Waals surface area contributed by atoms with E-state index in [0.29, 0.717) is 22.8 Å². The van der Waals surface area contributed by atoms with Gasteiger partial charge in [-0.05, 0) is 17.7 Å². The zero-order valence-corrected chi connectivity index (χ0v) is 14.4. The number of nitrogens with one attached hydrogen (secondary N) is 1. The summed E-state index contributed by atoms with van der Waals surface area (Å²) in [6.07, 6.45) is 6.13. The lowest BCUT2D eigenvalue weighted by Crippen LogP contribution is -2.11. The molecule has 0 fully saturated rings. The molecule has 2 N–H and O–H groups in total. The van der Waals surface area contributed by atoms with Crippen LogP contribution in [0.3, 0.4) is 0 Å². The van der Waals surface area contributed by atoms with Crippen molar-refractivity contribution in [1.29, 1.82) is 0 Å². The van der Waals surface area contributed by atoms with Crippen molar-refractivity contribution in [2.24, 2.45) is 0 Å². The Balaban J connectivity index is 1.59. The fourth-order valence-corrected chi connectivity index (χ4v) is 2.43. The van der Waals surface area contributed by atoms with Gasteiger partial charge in [0.05, 0.1) is 43.2 Å². The quantitative estimate of drug-likeness (QED) is 0.662. The second-order valence-corrected chi connectivity index (χ2v) is 6.08. The number of carboxylic acids is 1. The molecular formula is C17H16ClN5O3. The van der Waals surface area contributed by atoms with Crippen molar-refractivity contribution in [3.8, 4) is 0 Å². The highest BCUT2D eigenvalue weighted by Crippen LogP contribution is 2.13. The number of amides is 1. The molecule has 2 heterocycles. The summed E-state index contributed by atoms with van der Waals surface area (Å²) in [5.74, 6) is -1.25. The van der Waals surface area contributed by atoms with Crippen molar-refractivity contribution < 1.29 is 14.7 Å². The molecule has 3 aromatic rings. The summed E-state index contributed by atoms with van der Waals surface area (Å²) in [6.45, 7) is 0.766. The number of benzene rings is 1. The summed E-state index contributed by atoms with van der Waals surface area (Å²) < 4.78 is 3.13. The maximum Gasteiger partial charge on any atom is 0.305 e. The molecule has 0 unspecified atom stereocenters. The number of aromatic nitrogens is 4. The molecule has 0 spiro atoms. The summed E-state index contributed by atoms with van der Waals surface area (Å²) in [4.78, 5) is 22.8. The number of carboxylic acid groups (broad SMARTS) is 1. The Morgan fingerprint density at radius 2 is 1.81 bits per heavy atom. The molecule has 9 heteroatoms. The van der Waals surface area contributed by atoms with Gasteiger partial charge in [-0.1, -0.05) is 23.7 Å². The molecule has 3 rings (SSSR count). The summed E-state index contributed by atoms with van der Waals surface area (Å²) in [6, 6.07) is 7.44. The van der Waals surface area contributed by atoms with Gasteiger partial charge in [-0.25, -0.2) is 0 Å². The van der Waals surface area contributed by atoms with Crippen molar-refractivity contribution in [1.82, 2.24) is 19.6 Å². The van der Waals surface area contributed by atoms with E-state index in [1.54, 1.807) is 17.1 Å². The standard InChI is InChI=1S/C17H16ClN5O3/c18-14-3-1-12(2-4-14)9-23-11-15(8-20-23)21-17(26)13-7-19-22(10-13)6-5-16(24)25/h1-4,7-8,10-11H,5-6,9H2,(H,21,26)(H,24,25). The molecule has 8 nitrogen and oxygen atoms in total. The van der Waals surface area contributed by atoms with Gasteiger partial charge in [-0.15, -0.1) is 0 Å². The van der Waals surface area contributed by atoms with Gasteiger partial charge in [0.1, 0.15) is 0 Å². The van der Waals surface area contributed by atoms with Crippen LogP contribution in [0.25, 0.3) is 0 Å². The van der Waals surface area contributed by atoms with E-state index >= 15 is 0 Å². The molecule has 1 aromatic carbocycles. The molecule has 2 aromatic heterocycles. The number of carbonyl (C=O) groups excluding carboxylic acids is 1. The van der Waals surface area contributed by atoms with Crippen LogP contribution in [-0.4, -0.2) is 36.5 Å². The van der Waals surface area contributed by atoms with Crippen molar-refractivity contribution in [2.75, 3.05) is 5.32 Å². The normalized spacial score (nSPS) is 10.7. The van der Waals surface area contributed by atoms with Crippen LogP contribution in [0, 0.1) is 0 Å². The highest BCUT2D eigenvalue weighted by molar-refractivity contribution is 6.30. The lowest BCUT2D eigenvalue weighted by Gasteiger charge is -2.02. The van der Waals surface area contributed by atoms with Crippen LogP contribution in [0.2, 0.25) is 5.02 Å². The van der Waals surface area contributed by atoms with Gasteiger partial charge < -0.3 is 10.4 Å². The predicted octanol–water partition coefficient (Wildman–Crippen LogP) is 2.51. The third-order valence-electron chi connectivity index (χ3n) is 3.60. The molecule has 0 aliphatic carbocycles. The minimum Gasteiger partial charge on any atom is -0.481 e. The second kappa shape index (κ2) is 7.83. The Bertz CT molecular complexity index is 917. The number of aryl methyl sites for hydroxylation is 1. The molecular weight excluding hydrogens is 358 g/mol. The number of halogens is 1. The second-order valence-electron chi connectivity index (χ2n) is 5.64. The Morgan fingerprint density at radius 3 is 2.54 bits per heavy atom. The molecule has 134 valence electrons. The van der Waals surface area contributed by atoms with Crippen LogP contribution in [0.5, 0.6) is 0 Å². The molecule has 0 saturated carbocycles. The average molecular weight is 374 g/mol. The first-order valence-corrected chi connectivity index (χ1v) is 8.20. The summed E-state index contributed by atoms with van der Waals surface area (Å²) in [5.41, 5.74) is 1.94. The lowest BCUT2D eigenvalue weighted by molar-refractivity contribution is -0.137. The molecule has 26 heavy (non-hydrogen) atoms. The maximum absolute atomic E-state index is 12.2. The van der Waals surface area contributed by atoms with E-state index in [1.807, 2.05) is 24.3 Å². The molecule has 1 amide bonds. The van der Waals surface area contributed by atoms with Gasteiger partial charge >= 0.3 is 5.97 Å². The third-order valence-corrected chi connectivity index (χ3v) is 3.85. The molecule has 0 atom stereocenters. The minimum atomic E-state index is -0.917. The number of anilines is 1. The highest BCUT2D eigenvalue weighted by Gasteiger charge is 2.11. The lowest BCUT2D eigenvalue weighted by atomic mass is 10.2. The van der Waals surface area contributed by atoms with E-state index in [2.05, 4.69) is 15.5 Å². The van der Waals surface area contributed by atoms with Crippen molar-refractivity contribution in [2.45, 2.75) is 19.5 Å². The third kappa shape index (κ3) is 4.70. The number of rotatable bonds is 7. The number of hydrogen-bond donors (Lipinski definition) is 2. The predicted molar refractivity (Wildman–Crippen MR) is 95.2 cm³/mol. The van der Waals surface area contributed by atoms with Gasteiger partial charge in [0.2, 0.25) is 0 Å². The van der Waals surface area contributed by atoms with Crippen molar-refractivity contribution in [3.05, 3.63) is 65.2 Å². The van der Waals surface area contributed by atoms with Crippen LogP contribution >= 0.6 is 11.6 Å². The summed E-state index contributed by atoms with van der Waals surface area (Å²) in [5, 5.41) is 20.3. The SMILES string of the molecule is O=C(O)CCn1cc(C(=O)Nc2cnn(Cc3ccc(Cl)cc3)c2)cn1. The minimum absolute atomic E-state index is 0.0553. The van der Waals surface area contributed by atoms with Gasteiger partial charge in [-0.2, -0.15) is 10.2 Å². The summed E-state index contributed by atoms with van der Waals surface area (Å²) >= 11 is 5.87. The molecule has 0 saturated heterocycles.